The van der Waals surface area contributed by atoms with Crippen LogP contribution in [0, 0.1) is 5.92 Å². The first-order chi connectivity index (χ1) is 10.5. The van der Waals surface area contributed by atoms with Crippen molar-refractivity contribution in [2.24, 2.45) is 5.92 Å². The second-order valence-corrected chi connectivity index (χ2v) is 5.91. The van der Waals surface area contributed by atoms with Gasteiger partial charge in [-0.05, 0) is 12.3 Å². The Morgan fingerprint density at radius 1 is 1.32 bits per heavy atom. The first-order valence-corrected chi connectivity index (χ1v) is 8.01. The Hall–Kier alpha value is -1.85. The summed E-state index contributed by atoms with van der Waals surface area (Å²) in [6.07, 6.45) is 6.15. The summed E-state index contributed by atoms with van der Waals surface area (Å²) in [5, 5.41) is 6.26. The molecule has 0 bridgehead atoms. The lowest BCUT2D eigenvalue weighted by molar-refractivity contribution is -0.135. The van der Waals surface area contributed by atoms with E-state index in [1.165, 1.54) is 6.26 Å². The Labute approximate surface area is 132 Å². The van der Waals surface area contributed by atoms with Crippen LogP contribution in [0.25, 0.3) is 0 Å². The van der Waals surface area contributed by atoms with E-state index in [-0.39, 0.29) is 24.3 Å². The largest absolute Gasteiger partial charge is 0.363 e. The number of carbonyl (C=O) groups is 2. The summed E-state index contributed by atoms with van der Waals surface area (Å²) in [6, 6.07) is 1.57. The van der Waals surface area contributed by atoms with Gasteiger partial charge in [0, 0.05) is 19.0 Å². The number of aromatic nitrogens is 1. The van der Waals surface area contributed by atoms with E-state index in [4.69, 9.17) is 0 Å². The highest BCUT2D eigenvalue weighted by molar-refractivity contribution is 5.93. The Kier molecular flexibility index (Phi) is 8.25. The molecule has 0 aliphatic heterocycles. The van der Waals surface area contributed by atoms with E-state index < -0.39 is 0 Å². The molecule has 0 fully saturated rings. The molecule has 1 aromatic heterocycles. The predicted octanol–water partition coefficient (Wildman–Crippen LogP) is 3.07. The summed E-state index contributed by atoms with van der Waals surface area (Å²) in [5.74, 6) is 0.430. The van der Waals surface area contributed by atoms with E-state index in [0.717, 1.165) is 25.7 Å². The number of unbranched alkanes of at least 4 members (excludes halogenated alkanes) is 3. The topological polar surface area (TPSA) is 75.4 Å². The van der Waals surface area contributed by atoms with E-state index in [1.54, 1.807) is 11.0 Å². The summed E-state index contributed by atoms with van der Waals surface area (Å²) in [5.41, 5.74) is 0. The first-order valence-electron chi connectivity index (χ1n) is 8.01. The minimum atomic E-state index is -0.249. The van der Waals surface area contributed by atoms with Crippen molar-refractivity contribution in [3.63, 3.8) is 0 Å². The van der Waals surface area contributed by atoms with Gasteiger partial charge in [0.1, 0.15) is 6.26 Å². The molecule has 0 unspecified atom stereocenters. The molecule has 1 rings (SSSR count). The van der Waals surface area contributed by atoms with Crippen LogP contribution >= 0.6 is 0 Å². The van der Waals surface area contributed by atoms with Crippen LogP contribution < -0.4 is 5.32 Å². The average molecular weight is 309 g/mol. The number of nitrogens with zero attached hydrogens (tertiary/aromatic N) is 2. The van der Waals surface area contributed by atoms with E-state index in [9.17, 15) is 9.59 Å². The zero-order valence-corrected chi connectivity index (χ0v) is 13.8. The SMILES string of the molecule is CCCCCCN(CC(=O)Nc1ccon1)C(=O)CC(C)C. The molecule has 1 heterocycles. The molecule has 0 saturated carbocycles. The van der Waals surface area contributed by atoms with Gasteiger partial charge in [-0.3, -0.25) is 9.59 Å². The molecular formula is C16H27N3O3. The minimum Gasteiger partial charge on any atom is -0.363 e. The summed E-state index contributed by atoms with van der Waals surface area (Å²) in [4.78, 5) is 25.9. The average Bonchev–Trinajstić information content (AvgIpc) is 2.94. The van der Waals surface area contributed by atoms with Crippen LogP contribution in [0.1, 0.15) is 52.9 Å². The van der Waals surface area contributed by atoms with Gasteiger partial charge >= 0.3 is 0 Å². The van der Waals surface area contributed by atoms with Crippen molar-refractivity contribution < 1.29 is 14.1 Å². The summed E-state index contributed by atoms with van der Waals surface area (Å²) in [6.45, 7) is 6.83. The quantitative estimate of drug-likeness (QED) is 0.674. The van der Waals surface area contributed by atoms with Crippen LogP contribution in [0.2, 0.25) is 0 Å². The third-order valence-electron chi connectivity index (χ3n) is 3.26. The third kappa shape index (κ3) is 7.24. The highest BCUT2D eigenvalue weighted by Crippen LogP contribution is 2.08. The Morgan fingerprint density at radius 2 is 2.09 bits per heavy atom. The van der Waals surface area contributed by atoms with Gasteiger partial charge in [-0.15, -0.1) is 0 Å². The molecule has 22 heavy (non-hydrogen) atoms. The van der Waals surface area contributed by atoms with Gasteiger partial charge in [-0.1, -0.05) is 45.2 Å². The van der Waals surface area contributed by atoms with Crippen molar-refractivity contribution in [2.45, 2.75) is 52.9 Å². The normalized spacial score (nSPS) is 10.7. The maximum Gasteiger partial charge on any atom is 0.245 e. The second kappa shape index (κ2) is 9.97. The number of amides is 2. The van der Waals surface area contributed by atoms with Crippen LogP contribution in [-0.4, -0.2) is 35.0 Å². The van der Waals surface area contributed by atoms with Crippen molar-refractivity contribution in [2.75, 3.05) is 18.4 Å². The van der Waals surface area contributed by atoms with Crippen LogP contribution in [0.15, 0.2) is 16.9 Å². The van der Waals surface area contributed by atoms with Gasteiger partial charge in [0.15, 0.2) is 5.82 Å². The van der Waals surface area contributed by atoms with Crippen molar-refractivity contribution in [3.8, 4) is 0 Å². The van der Waals surface area contributed by atoms with E-state index >= 15 is 0 Å². The summed E-state index contributed by atoms with van der Waals surface area (Å²) in [7, 11) is 0. The number of nitrogens with one attached hydrogen (secondary N) is 1. The number of hydrogen-bond acceptors (Lipinski definition) is 4. The number of rotatable bonds is 10. The van der Waals surface area contributed by atoms with Crippen molar-refractivity contribution in [1.82, 2.24) is 10.1 Å². The monoisotopic (exact) mass is 309 g/mol. The first kappa shape index (κ1) is 18.2. The van der Waals surface area contributed by atoms with Crippen LogP contribution in [-0.2, 0) is 9.59 Å². The zero-order chi connectivity index (χ0) is 16.4. The van der Waals surface area contributed by atoms with Crippen LogP contribution in [0.3, 0.4) is 0 Å². The number of carbonyl (C=O) groups excluding carboxylic acids is 2. The molecule has 0 aliphatic carbocycles. The predicted molar refractivity (Wildman–Crippen MR) is 85.3 cm³/mol. The third-order valence-corrected chi connectivity index (χ3v) is 3.26. The van der Waals surface area contributed by atoms with Crippen molar-refractivity contribution in [1.29, 1.82) is 0 Å². The van der Waals surface area contributed by atoms with Crippen LogP contribution in [0.5, 0.6) is 0 Å². The smallest absolute Gasteiger partial charge is 0.245 e. The molecule has 0 radical (unpaired) electrons. The maximum atomic E-state index is 12.3. The second-order valence-electron chi connectivity index (χ2n) is 5.91. The number of hydrogen-bond donors (Lipinski definition) is 1. The highest BCUT2D eigenvalue weighted by atomic mass is 16.5. The molecular weight excluding hydrogens is 282 g/mol. The maximum absolute atomic E-state index is 12.3. The fraction of sp³-hybridized carbons (Fsp3) is 0.688. The summed E-state index contributed by atoms with van der Waals surface area (Å²) >= 11 is 0. The van der Waals surface area contributed by atoms with Crippen molar-refractivity contribution >= 4 is 17.6 Å². The molecule has 6 heteroatoms. The molecule has 6 nitrogen and oxygen atoms in total. The zero-order valence-electron chi connectivity index (χ0n) is 13.8. The van der Waals surface area contributed by atoms with E-state index in [1.807, 2.05) is 13.8 Å². The van der Waals surface area contributed by atoms with Gasteiger partial charge in [-0.2, -0.15) is 0 Å². The van der Waals surface area contributed by atoms with Gasteiger partial charge in [0.25, 0.3) is 0 Å². The molecule has 124 valence electrons. The van der Waals surface area contributed by atoms with Gasteiger partial charge in [0.05, 0.1) is 6.54 Å². The van der Waals surface area contributed by atoms with E-state index in [0.29, 0.717) is 18.8 Å². The fourth-order valence-corrected chi connectivity index (χ4v) is 2.13. The molecule has 0 aromatic carbocycles. The fourth-order valence-electron chi connectivity index (χ4n) is 2.13. The van der Waals surface area contributed by atoms with Crippen LogP contribution in [0.4, 0.5) is 5.82 Å². The lowest BCUT2D eigenvalue weighted by Crippen LogP contribution is -2.39. The summed E-state index contributed by atoms with van der Waals surface area (Å²) < 4.78 is 4.67. The van der Waals surface area contributed by atoms with Crippen molar-refractivity contribution in [3.05, 3.63) is 12.3 Å². The van der Waals surface area contributed by atoms with E-state index in [2.05, 4.69) is 21.9 Å². The standard InChI is InChI=1S/C16H27N3O3/c1-4-5-6-7-9-19(16(21)11-13(2)3)12-15(20)17-14-8-10-22-18-14/h8,10,13H,4-7,9,11-12H2,1-3H3,(H,17,18,20). The number of anilines is 1. The van der Waals surface area contributed by atoms with Gasteiger partial charge in [-0.25, -0.2) is 0 Å². The van der Waals surface area contributed by atoms with Gasteiger partial charge in [0.2, 0.25) is 11.8 Å². The molecule has 0 spiro atoms. The Morgan fingerprint density at radius 3 is 2.68 bits per heavy atom. The molecule has 0 saturated heterocycles. The Bertz CT molecular complexity index is 443. The molecule has 1 N–H and O–H groups in total. The Balaban J connectivity index is 2.51. The molecule has 0 aliphatic rings. The lowest BCUT2D eigenvalue weighted by atomic mass is 10.1. The highest BCUT2D eigenvalue weighted by Gasteiger charge is 2.18. The minimum absolute atomic E-state index is 0.0294. The molecule has 2 amide bonds. The lowest BCUT2D eigenvalue weighted by Gasteiger charge is -2.23. The van der Waals surface area contributed by atoms with Gasteiger partial charge < -0.3 is 14.7 Å². The molecule has 0 atom stereocenters. The molecule has 1 aromatic rings.